The highest BCUT2D eigenvalue weighted by Crippen LogP contribution is 2.27. The minimum Gasteiger partial charge on any atom is -0.360 e. The quantitative estimate of drug-likeness (QED) is 0.867. The summed E-state index contributed by atoms with van der Waals surface area (Å²) in [7, 11) is 0. The van der Waals surface area contributed by atoms with Gasteiger partial charge in [-0.3, -0.25) is 4.79 Å². The van der Waals surface area contributed by atoms with Crippen LogP contribution in [0.2, 0.25) is 0 Å². The lowest BCUT2D eigenvalue weighted by Gasteiger charge is -2.34. The Labute approximate surface area is 117 Å². The van der Waals surface area contributed by atoms with Crippen LogP contribution in [0.25, 0.3) is 10.9 Å². The predicted molar refractivity (Wildman–Crippen MR) is 80.7 cm³/mol. The molecule has 0 aliphatic carbocycles. The molecule has 1 saturated heterocycles. The van der Waals surface area contributed by atoms with Crippen molar-refractivity contribution < 1.29 is 4.79 Å². The second-order valence-corrected chi connectivity index (χ2v) is 7.10. The number of aromatic amines is 1. The molecule has 2 atom stereocenters. The summed E-state index contributed by atoms with van der Waals surface area (Å²) < 4.78 is 0. The summed E-state index contributed by atoms with van der Waals surface area (Å²) in [4.78, 5) is 17.8. The third kappa shape index (κ3) is 2.37. The van der Waals surface area contributed by atoms with Gasteiger partial charge in [0.05, 0.1) is 5.56 Å². The van der Waals surface area contributed by atoms with Gasteiger partial charge in [-0.05, 0) is 6.07 Å². The maximum absolute atomic E-state index is 12.7. The number of benzene rings is 1. The molecule has 3 nitrogen and oxygen atoms in total. The zero-order valence-electron chi connectivity index (χ0n) is 11.2. The zero-order valence-corrected chi connectivity index (χ0v) is 12.0. The maximum Gasteiger partial charge on any atom is 0.256 e. The van der Waals surface area contributed by atoms with Crippen molar-refractivity contribution in [1.82, 2.24) is 9.88 Å². The van der Waals surface area contributed by atoms with Gasteiger partial charge in [0.15, 0.2) is 0 Å². The Bertz CT molecular complexity index is 597. The van der Waals surface area contributed by atoms with Crippen molar-refractivity contribution in [2.45, 2.75) is 24.3 Å². The number of fused-ring (bicyclic) bond motifs is 1. The van der Waals surface area contributed by atoms with Crippen LogP contribution >= 0.6 is 11.8 Å². The topological polar surface area (TPSA) is 36.1 Å². The third-order valence-corrected chi connectivity index (χ3v) is 4.75. The van der Waals surface area contributed by atoms with Crippen LogP contribution in [-0.4, -0.2) is 39.4 Å². The third-order valence-electron chi connectivity index (χ3n) is 3.53. The summed E-state index contributed by atoms with van der Waals surface area (Å²) in [6.45, 7) is 6.06. The van der Waals surface area contributed by atoms with Crippen LogP contribution in [-0.2, 0) is 0 Å². The van der Waals surface area contributed by atoms with Crippen molar-refractivity contribution in [3.63, 3.8) is 0 Å². The molecule has 1 amide bonds. The number of amides is 1. The highest BCUT2D eigenvalue weighted by atomic mass is 32.2. The summed E-state index contributed by atoms with van der Waals surface area (Å²) in [6, 6.07) is 7.97. The number of para-hydroxylation sites is 1. The zero-order chi connectivity index (χ0) is 13.4. The Balaban J connectivity index is 1.91. The van der Waals surface area contributed by atoms with Crippen molar-refractivity contribution in [3.8, 4) is 0 Å². The lowest BCUT2D eigenvalue weighted by atomic mass is 10.1. The van der Waals surface area contributed by atoms with Gasteiger partial charge in [0, 0.05) is 40.7 Å². The molecule has 0 radical (unpaired) electrons. The summed E-state index contributed by atoms with van der Waals surface area (Å²) in [5, 5.41) is 2.04. The molecular formula is C15H18N2OS. The van der Waals surface area contributed by atoms with E-state index in [0.717, 1.165) is 29.6 Å². The molecule has 1 N–H and O–H groups in total. The van der Waals surface area contributed by atoms with E-state index in [1.165, 1.54) is 0 Å². The van der Waals surface area contributed by atoms with Crippen LogP contribution in [0.1, 0.15) is 24.2 Å². The van der Waals surface area contributed by atoms with Crippen LogP contribution < -0.4 is 0 Å². The fourth-order valence-corrected chi connectivity index (χ4v) is 4.09. The van der Waals surface area contributed by atoms with E-state index >= 15 is 0 Å². The number of nitrogens with one attached hydrogen (secondary N) is 1. The smallest absolute Gasteiger partial charge is 0.256 e. The molecule has 1 fully saturated rings. The first kappa shape index (κ1) is 12.6. The van der Waals surface area contributed by atoms with E-state index in [9.17, 15) is 4.79 Å². The van der Waals surface area contributed by atoms with Gasteiger partial charge < -0.3 is 9.88 Å². The van der Waals surface area contributed by atoms with Gasteiger partial charge in [-0.2, -0.15) is 11.8 Å². The average Bonchev–Trinajstić information content (AvgIpc) is 2.80. The first-order valence-corrected chi connectivity index (χ1v) is 7.60. The van der Waals surface area contributed by atoms with Crippen LogP contribution in [0.15, 0.2) is 30.5 Å². The van der Waals surface area contributed by atoms with Crippen LogP contribution in [0.5, 0.6) is 0 Å². The molecule has 2 heterocycles. The molecule has 0 saturated carbocycles. The molecule has 1 aliphatic rings. The fraction of sp³-hybridized carbons (Fsp3) is 0.400. The lowest BCUT2D eigenvalue weighted by molar-refractivity contribution is 0.0755. The van der Waals surface area contributed by atoms with Gasteiger partial charge in [0.2, 0.25) is 0 Å². The minimum absolute atomic E-state index is 0.149. The molecule has 19 heavy (non-hydrogen) atoms. The standard InChI is InChI=1S/C15H18N2OS/c1-10-8-17(9-11(2)19-10)15(18)13-7-16-14-6-4-3-5-12(13)14/h3-7,10-11,16H,8-9H2,1-2H3. The number of hydrogen-bond donors (Lipinski definition) is 1. The molecule has 3 rings (SSSR count). The van der Waals surface area contributed by atoms with E-state index in [4.69, 9.17) is 0 Å². The highest BCUT2D eigenvalue weighted by Gasteiger charge is 2.27. The second-order valence-electron chi connectivity index (χ2n) is 5.22. The first-order chi connectivity index (χ1) is 9.15. The van der Waals surface area contributed by atoms with E-state index in [-0.39, 0.29) is 5.91 Å². The van der Waals surface area contributed by atoms with E-state index < -0.39 is 0 Å². The number of nitrogens with zero attached hydrogens (tertiary/aromatic N) is 1. The van der Waals surface area contributed by atoms with Crippen LogP contribution in [0.3, 0.4) is 0 Å². The van der Waals surface area contributed by atoms with Crippen LogP contribution in [0, 0.1) is 0 Å². The van der Waals surface area contributed by atoms with E-state index in [2.05, 4.69) is 18.8 Å². The first-order valence-electron chi connectivity index (χ1n) is 6.66. The molecule has 2 unspecified atom stereocenters. The van der Waals surface area contributed by atoms with E-state index in [1.807, 2.05) is 47.1 Å². The van der Waals surface area contributed by atoms with Gasteiger partial charge in [-0.1, -0.05) is 32.0 Å². The van der Waals surface area contributed by atoms with Gasteiger partial charge in [0.25, 0.3) is 5.91 Å². The normalized spacial score (nSPS) is 23.8. The summed E-state index contributed by atoms with van der Waals surface area (Å²) >= 11 is 1.96. The van der Waals surface area contributed by atoms with Gasteiger partial charge in [0.1, 0.15) is 0 Å². The molecule has 0 bridgehead atoms. The number of thioether (sulfide) groups is 1. The van der Waals surface area contributed by atoms with Crippen LogP contribution in [0.4, 0.5) is 0 Å². The van der Waals surface area contributed by atoms with Gasteiger partial charge in [-0.15, -0.1) is 0 Å². The molecule has 2 aromatic rings. The number of carbonyl (C=O) groups excluding carboxylic acids is 1. The van der Waals surface area contributed by atoms with Crippen molar-refractivity contribution in [2.24, 2.45) is 0 Å². The van der Waals surface area contributed by atoms with Crippen molar-refractivity contribution in [3.05, 3.63) is 36.0 Å². The average molecular weight is 274 g/mol. The van der Waals surface area contributed by atoms with Crippen molar-refractivity contribution >= 4 is 28.6 Å². The number of aromatic nitrogens is 1. The SMILES string of the molecule is CC1CN(C(=O)c2c[nH]c3ccccc23)CC(C)S1. The van der Waals surface area contributed by atoms with Crippen molar-refractivity contribution in [2.75, 3.05) is 13.1 Å². The molecular weight excluding hydrogens is 256 g/mol. The number of H-pyrrole nitrogens is 1. The molecule has 4 heteroatoms. The van der Waals surface area contributed by atoms with E-state index in [0.29, 0.717) is 10.5 Å². The fourth-order valence-electron chi connectivity index (χ4n) is 2.76. The summed E-state index contributed by atoms with van der Waals surface area (Å²) in [5.41, 5.74) is 1.82. The molecule has 0 spiro atoms. The minimum atomic E-state index is 0.149. The number of carbonyl (C=O) groups is 1. The lowest BCUT2D eigenvalue weighted by Crippen LogP contribution is -2.43. The molecule has 1 aromatic carbocycles. The summed E-state index contributed by atoms with van der Waals surface area (Å²) in [6.07, 6.45) is 1.84. The van der Waals surface area contributed by atoms with E-state index in [1.54, 1.807) is 0 Å². The Kier molecular flexibility index (Phi) is 3.27. The Morgan fingerprint density at radius 1 is 1.26 bits per heavy atom. The van der Waals surface area contributed by atoms with Crippen molar-refractivity contribution in [1.29, 1.82) is 0 Å². The molecule has 1 aliphatic heterocycles. The number of rotatable bonds is 1. The molecule has 100 valence electrons. The summed E-state index contributed by atoms with van der Waals surface area (Å²) in [5.74, 6) is 0.149. The maximum atomic E-state index is 12.7. The Morgan fingerprint density at radius 3 is 2.68 bits per heavy atom. The predicted octanol–water partition coefficient (Wildman–Crippen LogP) is 3.13. The monoisotopic (exact) mass is 274 g/mol. The molecule has 1 aromatic heterocycles. The largest absolute Gasteiger partial charge is 0.360 e. The highest BCUT2D eigenvalue weighted by molar-refractivity contribution is 8.00. The van der Waals surface area contributed by atoms with Gasteiger partial charge >= 0.3 is 0 Å². The van der Waals surface area contributed by atoms with Gasteiger partial charge in [-0.25, -0.2) is 0 Å². The Morgan fingerprint density at radius 2 is 1.95 bits per heavy atom. The Hall–Kier alpha value is -1.42. The number of hydrogen-bond acceptors (Lipinski definition) is 2. The second kappa shape index (κ2) is 4.93.